The summed E-state index contributed by atoms with van der Waals surface area (Å²) < 4.78 is 27.9. The van der Waals surface area contributed by atoms with Crippen molar-refractivity contribution in [3.05, 3.63) is 54.0 Å². The fourth-order valence-corrected chi connectivity index (χ4v) is 6.59. The Balaban J connectivity index is 2.51. The first-order chi connectivity index (χ1) is 15.0. The Bertz CT molecular complexity index is 902. The Labute approximate surface area is 185 Å². The van der Waals surface area contributed by atoms with E-state index in [1.807, 2.05) is 30.4 Å². The highest BCUT2D eigenvalue weighted by atomic mass is 28.4. The van der Waals surface area contributed by atoms with Crippen molar-refractivity contribution in [2.45, 2.75) is 51.4 Å². The van der Waals surface area contributed by atoms with Crippen LogP contribution in [0.3, 0.4) is 0 Å². The van der Waals surface area contributed by atoms with Crippen LogP contribution in [0.2, 0.25) is 18.1 Å². The number of rotatable bonds is 12. The van der Waals surface area contributed by atoms with Gasteiger partial charge >= 0.3 is 5.97 Å². The minimum absolute atomic E-state index is 0.148. The molecular weight excluding hydrogens is 412 g/mol. The van der Waals surface area contributed by atoms with E-state index in [4.69, 9.17) is 23.1 Å². The first-order valence-corrected chi connectivity index (χ1v) is 13.2. The number of benzene rings is 1. The molecule has 31 heavy (non-hydrogen) atoms. The van der Waals surface area contributed by atoms with Crippen molar-refractivity contribution >= 4 is 25.3 Å². The summed E-state index contributed by atoms with van der Waals surface area (Å²) in [6.45, 7) is 6.63. The lowest BCUT2D eigenvalue weighted by atomic mass is 10.00. The average molecular weight is 447 g/mol. The first-order valence-electron chi connectivity index (χ1n) is 10.7. The third-order valence-corrected chi connectivity index (χ3v) is 10.5. The van der Waals surface area contributed by atoms with Crippen LogP contribution < -0.4 is 4.74 Å². The van der Waals surface area contributed by atoms with Crippen molar-refractivity contribution in [2.24, 2.45) is 0 Å². The van der Waals surface area contributed by atoms with Gasteiger partial charge in [-0.05, 0) is 35.8 Å². The van der Waals surface area contributed by atoms with Gasteiger partial charge < -0.3 is 23.1 Å². The van der Waals surface area contributed by atoms with Crippen molar-refractivity contribution in [3.63, 3.8) is 0 Å². The number of carbonyl (C=O) groups excluding carboxylic acids is 1. The van der Waals surface area contributed by atoms with Crippen molar-refractivity contribution < 1.29 is 27.8 Å². The van der Waals surface area contributed by atoms with E-state index >= 15 is 0 Å². The summed E-state index contributed by atoms with van der Waals surface area (Å²) in [6.07, 6.45) is 9.32. The molecule has 0 aliphatic heterocycles. The third-order valence-electron chi connectivity index (χ3n) is 5.80. The zero-order valence-electron chi connectivity index (χ0n) is 19.4. The monoisotopic (exact) mass is 446 g/mol. The summed E-state index contributed by atoms with van der Waals surface area (Å²) in [5.74, 6) is 0.132. The van der Waals surface area contributed by atoms with E-state index in [0.717, 1.165) is 23.7 Å². The van der Waals surface area contributed by atoms with Gasteiger partial charge in [-0.2, -0.15) is 0 Å². The molecule has 0 saturated carbocycles. The highest BCUT2D eigenvalue weighted by Crippen LogP contribution is 2.35. The van der Waals surface area contributed by atoms with Gasteiger partial charge in [-0.3, -0.25) is 0 Å². The molecule has 1 aromatic heterocycles. The molecule has 0 aliphatic rings. The summed E-state index contributed by atoms with van der Waals surface area (Å²) in [5.41, 5.74) is 1.87. The molecule has 1 unspecified atom stereocenters. The van der Waals surface area contributed by atoms with Crippen LogP contribution in [-0.2, 0) is 20.3 Å². The van der Waals surface area contributed by atoms with Crippen LogP contribution in [-0.4, -0.2) is 41.7 Å². The van der Waals surface area contributed by atoms with Crippen LogP contribution in [0.4, 0.5) is 0 Å². The van der Waals surface area contributed by atoms with Crippen LogP contribution in [0.5, 0.6) is 5.75 Å². The Morgan fingerprint density at radius 3 is 2.39 bits per heavy atom. The number of hydrogen-bond acceptors (Lipinski definition) is 6. The van der Waals surface area contributed by atoms with E-state index in [1.165, 1.54) is 13.4 Å². The molecular formula is C24H34O6Si. The van der Waals surface area contributed by atoms with E-state index in [1.54, 1.807) is 20.5 Å². The van der Waals surface area contributed by atoms with Crippen molar-refractivity contribution in [1.82, 2.24) is 0 Å². The molecule has 1 aromatic carbocycles. The number of ether oxygens (including phenoxy) is 3. The molecule has 6 nitrogen and oxygen atoms in total. The molecule has 0 bridgehead atoms. The minimum Gasteiger partial charge on any atom is -0.504 e. The Morgan fingerprint density at radius 1 is 1.10 bits per heavy atom. The maximum absolute atomic E-state index is 12.4. The molecule has 0 amide bonds. The lowest BCUT2D eigenvalue weighted by Gasteiger charge is -2.32. The molecule has 0 aliphatic carbocycles. The second-order valence-electron chi connectivity index (χ2n) is 7.33. The lowest BCUT2D eigenvalue weighted by Crippen LogP contribution is -2.40. The second-order valence-corrected chi connectivity index (χ2v) is 12.0. The average Bonchev–Trinajstić information content (AvgIpc) is 3.25. The Morgan fingerprint density at radius 2 is 1.81 bits per heavy atom. The van der Waals surface area contributed by atoms with Gasteiger partial charge in [-0.1, -0.05) is 39.0 Å². The van der Waals surface area contributed by atoms with Gasteiger partial charge in [0.05, 0.1) is 33.7 Å². The van der Waals surface area contributed by atoms with Crippen molar-refractivity contribution in [3.8, 4) is 5.75 Å². The van der Waals surface area contributed by atoms with E-state index in [0.29, 0.717) is 28.7 Å². The zero-order valence-corrected chi connectivity index (χ0v) is 20.4. The topological polar surface area (TPSA) is 67.1 Å². The lowest BCUT2D eigenvalue weighted by molar-refractivity contribution is 0.0601. The first kappa shape index (κ1) is 24.8. The summed E-state index contributed by atoms with van der Waals surface area (Å²) in [6, 6.07) is 6.98. The number of fused-ring (bicyclic) bond motifs is 1. The van der Waals surface area contributed by atoms with Gasteiger partial charge in [0.1, 0.15) is 11.8 Å². The molecule has 0 radical (unpaired) electrons. The maximum Gasteiger partial charge on any atom is 0.341 e. The van der Waals surface area contributed by atoms with E-state index in [-0.39, 0.29) is 6.10 Å². The molecule has 170 valence electrons. The van der Waals surface area contributed by atoms with Crippen LogP contribution >= 0.6 is 0 Å². The largest absolute Gasteiger partial charge is 0.504 e. The minimum atomic E-state index is -1.86. The summed E-state index contributed by atoms with van der Waals surface area (Å²) in [5, 5.41) is 0.706. The highest BCUT2D eigenvalue weighted by molar-refractivity contribution is 6.73. The van der Waals surface area contributed by atoms with Gasteiger partial charge in [0.25, 0.3) is 0 Å². The fraction of sp³-hybridized carbons (Fsp3) is 0.458. The molecule has 0 spiro atoms. The van der Waals surface area contributed by atoms with Crippen molar-refractivity contribution in [2.75, 3.05) is 21.3 Å². The molecule has 0 N–H and O–H groups in total. The predicted molar refractivity (Wildman–Crippen MR) is 125 cm³/mol. The molecule has 0 fully saturated rings. The summed E-state index contributed by atoms with van der Waals surface area (Å²) >= 11 is 0. The quantitative estimate of drug-likeness (QED) is 0.176. The normalized spacial score (nSPS) is 13.2. The van der Waals surface area contributed by atoms with Crippen molar-refractivity contribution in [1.29, 1.82) is 0 Å². The molecule has 0 saturated heterocycles. The summed E-state index contributed by atoms with van der Waals surface area (Å²) in [7, 11) is 2.69. The predicted octanol–water partition coefficient (Wildman–Crippen LogP) is 5.88. The number of carbonyl (C=O) groups is 1. The molecule has 1 atom stereocenters. The number of methoxy groups -OCH3 is 3. The van der Waals surface area contributed by atoms with E-state index in [9.17, 15) is 4.79 Å². The number of hydrogen-bond donors (Lipinski definition) is 0. The van der Waals surface area contributed by atoms with Gasteiger partial charge in [-0.25, -0.2) is 4.79 Å². The van der Waals surface area contributed by atoms with Crippen LogP contribution in [0, 0.1) is 0 Å². The summed E-state index contributed by atoms with van der Waals surface area (Å²) in [4.78, 5) is 12.4. The fourth-order valence-electron chi connectivity index (χ4n) is 3.78. The second kappa shape index (κ2) is 11.8. The molecule has 7 heteroatoms. The van der Waals surface area contributed by atoms with Gasteiger partial charge in [0, 0.05) is 11.8 Å². The van der Waals surface area contributed by atoms with E-state index < -0.39 is 14.3 Å². The van der Waals surface area contributed by atoms with Gasteiger partial charge in [-0.15, -0.1) is 0 Å². The number of allylic oxidation sites excluding steroid dienone is 2. The Kier molecular flexibility index (Phi) is 9.39. The van der Waals surface area contributed by atoms with Crippen LogP contribution in [0.15, 0.2) is 47.3 Å². The molecule has 2 aromatic rings. The maximum atomic E-state index is 12.4. The smallest absolute Gasteiger partial charge is 0.341 e. The Hall–Kier alpha value is -2.51. The number of esters is 1. The third kappa shape index (κ3) is 5.80. The van der Waals surface area contributed by atoms with Gasteiger partial charge in [0.15, 0.2) is 19.6 Å². The SMILES string of the molecule is CC[Si](CC)(CC)OC(/C=C/C=C/OC)Cc1ccc(OC)c2occ(C(=O)OC)c12. The zero-order chi connectivity index (χ0) is 22.9. The van der Waals surface area contributed by atoms with Crippen LogP contribution in [0.25, 0.3) is 11.0 Å². The number of furan rings is 1. The highest BCUT2D eigenvalue weighted by Gasteiger charge is 2.32. The standard InChI is InChI=1S/C24H34O6Si/c1-7-31(8-2,9-3)30-19(12-10-11-15-26-4)16-18-13-14-21(27-5)23-22(18)20(17-29-23)24(25)28-6/h10-15,17,19H,7-9,16H2,1-6H3/b12-10+,15-11+. The van der Waals surface area contributed by atoms with E-state index in [2.05, 4.69) is 20.8 Å². The molecule has 1 heterocycles. The van der Waals surface area contributed by atoms with Crippen LogP contribution in [0.1, 0.15) is 36.7 Å². The van der Waals surface area contributed by atoms with Gasteiger partial charge in [0.2, 0.25) is 0 Å². The molecule has 2 rings (SSSR count).